The maximum absolute atomic E-state index is 4.64. The van der Waals surface area contributed by atoms with Gasteiger partial charge in [0.15, 0.2) is 5.82 Å². The SMILES string of the molecule is CCc1ccc(Nc2nncc(N3CCN(c4ccccn4)CC3)n2)cc1. The van der Waals surface area contributed by atoms with Crippen molar-refractivity contribution >= 4 is 23.3 Å². The summed E-state index contributed by atoms with van der Waals surface area (Å²) in [5.74, 6) is 2.39. The van der Waals surface area contributed by atoms with Gasteiger partial charge in [0.2, 0.25) is 5.95 Å². The first-order chi connectivity index (χ1) is 13.3. The second kappa shape index (κ2) is 7.99. The number of hydrogen-bond acceptors (Lipinski definition) is 7. The lowest BCUT2D eigenvalue weighted by molar-refractivity contribution is 0.639. The maximum atomic E-state index is 4.64. The molecule has 2 aromatic heterocycles. The smallest absolute Gasteiger partial charge is 0.249 e. The van der Waals surface area contributed by atoms with Gasteiger partial charge in [-0.2, -0.15) is 10.1 Å². The average molecular weight is 361 g/mol. The van der Waals surface area contributed by atoms with Crippen LogP contribution in [0.15, 0.2) is 54.9 Å². The summed E-state index contributed by atoms with van der Waals surface area (Å²) in [4.78, 5) is 13.6. The Labute approximate surface area is 159 Å². The highest BCUT2D eigenvalue weighted by Crippen LogP contribution is 2.19. The summed E-state index contributed by atoms with van der Waals surface area (Å²) in [7, 11) is 0. The molecule has 0 aliphatic carbocycles. The minimum atomic E-state index is 0.518. The molecule has 0 saturated carbocycles. The number of piperazine rings is 1. The molecule has 7 heteroatoms. The molecule has 0 radical (unpaired) electrons. The number of aromatic nitrogens is 4. The monoisotopic (exact) mass is 361 g/mol. The normalized spacial score (nSPS) is 14.3. The summed E-state index contributed by atoms with van der Waals surface area (Å²) in [6.45, 7) is 5.71. The first-order valence-electron chi connectivity index (χ1n) is 9.28. The molecule has 138 valence electrons. The van der Waals surface area contributed by atoms with Gasteiger partial charge in [-0.1, -0.05) is 25.1 Å². The number of nitrogens with zero attached hydrogens (tertiary/aromatic N) is 6. The van der Waals surface area contributed by atoms with Gasteiger partial charge in [0.1, 0.15) is 5.82 Å². The Balaban J connectivity index is 1.40. The molecule has 1 aliphatic rings. The van der Waals surface area contributed by atoms with Crippen molar-refractivity contribution in [2.45, 2.75) is 13.3 Å². The standard InChI is InChI=1S/C20H23N7/c1-2-16-6-8-17(9-7-16)23-20-24-19(15-22-25-20)27-13-11-26(12-14-27)18-5-3-4-10-21-18/h3-10,15H,2,11-14H2,1H3,(H,23,24,25). The van der Waals surface area contributed by atoms with Gasteiger partial charge in [0.05, 0.1) is 6.20 Å². The van der Waals surface area contributed by atoms with Crippen LogP contribution in [0.25, 0.3) is 0 Å². The van der Waals surface area contributed by atoms with E-state index in [4.69, 9.17) is 0 Å². The largest absolute Gasteiger partial charge is 0.353 e. The molecule has 0 unspecified atom stereocenters. The Hall–Kier alpha value is -3.22. The van der Waals surface area contributed by atoms with Gasteiger partial charge in [0.25, 0.3) is 0 Å². The molecule has 0 amide bonds. The van der Waals surface area contributed by atoms with Crippen molar-refractivity contribution in [3.63, 3.8) is 0 Å². The molecule has 3 aromatic rings. The van der Waals surface area contributed by atoms with Crippen LogP contribution in [0.2, 0.25) is 0 Å². The first-order valence-corrected chi connectivity index (χ1v) is 9.28. The summed E-state index contributed by atoms with van der Waals surface area (Å²) in [6, 6.07) is 14.3. The molecular formula is C20H23N7. The van der Waals surface area contributed by atoms with Crippen LogP contribution >= 0.6 is 0 Å². The topological polar surface area (TPSA) is 70.1 Å². The zero-order chi connectivity index (χ0) is 18.5. The molecule has 7 nitrogen and oxygen atoms in total. The fraction of sp³-hybridized carbons (Fsp3) is 0.300. The van der Waals surface area contributed by atoms with Crippen LogP contribution in [0.3, 0.4) is 0 Å². The average Bonchev–Trinajstić information content (AvgIpc) is 2.75. The van der Waals surface area contributed by atoms with Crippen LogP contribution in [-0.2, 0) is 6.42 Å². The zero-order valence-corrected chi connectivity index (χ0v) is 15.4. The van der Waals surface area contributed by atoms with Crippen molar-refractivity contribution < 1.29 is 0 Å². The second-order valence-corrected chi connectivity index (χ2v) is 6.48. The van der Waals surface area contributed by atoms with Crippen LogP contribution < -0.4 is 15.1 Å². The van der Waals surface area contributed by atoms with Gasteiger partial charge in [-0.3, -0.25) is 0 Å². The predicted molar refractivity (Wildman–Crippen MR) is 108 cm³/mol. The van der Waals surface area contributed by atoms with Crippen molar-refractivity contribution in [3.05, 3.63) is 60.4 Å². The van der Waals surface area contributed by atoms with E-state index < -0.39 is 0 Å². The molecule has 0 spiro atoms. The lowest BCUT2D eigenvalue weighted by Gasteiger charge is -2.35. The van der Waals surface area contributed by atoms with E-state index in [1.54, 1.807) is 6.20 Å². The summed E-state index contributed by atoms with van der Waals surface area (Å²) >= 11 is 0. The number of benzene rings is 1. The highest BCUT2D eigenvalue weighted by molar-refractivity contribution is 5.55. The van der Waals surface area contributed by atoms with Gasteiger partial charge in [-0.05, 0) is 36.2 Å². The quantitative estimate of drug-likeness (QED) is 0.749. The third-order valence-electron chi connectivity index (χ3n) is 4.74. The zero-order valence-electron chi connectivity index (χ0n) is 15.4. The van der Waals surface area contributed by atoms with Gasteiger partial charge in [-0.25, -0.2) is 4.98 Å². The Morgan fingerprint density at radius 2 is 1.67 bits per heavy atom. The summed E-state index contributed by atoms with van der Waals surface area (Å²) in [5, 5.41) is 11.5. The lowest BCUT2D eigenvalue weighted by atomic mass is 10.1. The molecule has 1 aliphatic heterocycles. The van der Waals surface area contributed by atoms with Crippen molar-refractivity contribution in [1.82, 2.24) is 20.2 Å². The molecular weight excluding hydrogens is 338 g/mol. The molecule has 1 aromatic carbocycles. The van der Waals surface area contributed by atoms with E-state index in [1.165, 1.54) is 5.56 Å². The van der Waals surface area contributed by atoms with E-state index in [9.17, 15) is 0 Å². The number of rotatable bonds is 5. The number of hydrogen-bond donors (Lipinski definition) is 1. The second-order valence-electron chi connectivity index (χ2n) is 6.48. The number of aryl methyl sites for hydroxylation is 1. The van der Waals surface area contributed by atoms with Crippen LogP contribution in [0, 0.1) is 0 Å². The maximum Gasteiger partial charge on any atom is 0.249 e. The molecule has 0 atom stereocenters. The predicted octanol–water partition coefficient (Wildman–Crippen LogP) is 2.90. The molecule has 1 saturated heterocycles. The van der Waals surface area contributed by atoms with Crippen molar-refractivity contribution in [2.75, 3.05) is 41.3 Å². The number of pyridine rings is 1. The fourth-order valence-electron chi connectivity index (χ4n) is 3.16. The molecule has 0 bridgehead atoms. The highest BCUT2D eigenvalue weighted by atomic mass is 15.3. The minimum Gasteiger partial charge on any atom is -0.353 e. The van der Waals surface area contributed by atoms with Gasteiger partial charge in [-0.15, -0.1) is 5.10 Å². The van der Waals surface area contributed by atoms with E-state index in [0.717, 1.165) is 49.9 Å². The molecule has 1 fully saturated rings. The number of anilines is 4. The molecule has 4 rings (SSSR count). The molecule has 1 N–H and O–H groups in total. The first kappa shape index (κ1) is 17.2. The van der Waals surface area contributed by atoms with Crippen LogP contribution in [0.4, 0.5) is 23.3 Å². The summed E-state index contributed by atoms with van der Waals surface area (Å²) in [5.41, 5.74) is 2.27. The van der Waals surface area contributed by atoms with Crippen molar-refractivity contribution in [3.8, 4) is 0 Å². The minimum absolute atomic E-state index is 0.518. The molecule has 27 heavy (non-hydrogen) atoms. The van der Waals surface area contributed by atoms with Crippen molar-refractivity contribution in [2.24, 2.45) is 0 Å². The Kier molecular flexibility index (Phi) is 5.09. The van der Waals surface area contributed by atoms with Crippen LogP contribution in [-0.4, -0.2) is 46.3 Å². The van der Waals surface area contributed by atoms with E-state index in [2.05, 4.69) is 54.3 Å². The van der Waals surface area contributed by atoms with E-state index in [1.807, 2.05) is 36.5 Å². The Bertz CT molecular complexity index is 859. The Morgan fingerprint density at radius 3 is 2.33 bits per heavy atom. The summed E-state index contributed by atoms with van der Waals surface area (Å²) < 4.78 is 0. The Morgan fingerprint density at radius 1 is 0.926 bits per heavy atom. The van der Waals surface area contributed by atoms with Gasteiger partial charge >= 0.3 is 0 Å². The van der Waals surface area contributed by atoms with Crippen LogP contribution in [0.1, 0.15) is 12.5 Å². The van der Waals surface area contributed by atoms with E-state index >= 15 is 0 Å². The van der Waals surface area contributed by atoms with E-state index in [0.29, 0.717) is 5.95 Å². The molecule has 3 heterocycles. The van der Waals surface area contributed by atoms with Crippen molar-refractivity contribution in [1.29, 1.82) is 0 Å². The van der Waals surface area contributed by atoms with E-state index in [-0.39, 0.29) is 0 Å². The number of nitrogens with one attached hydrogen (secondary N) is 1. The third-order valence-corrected chi connectivity index (χ3v) is 4.74. The fourth-order valence-corrected chi connectivity index (χ4v) is 3.16. The lowest BCUT2D eigenvalue weighted by Crippen LogP contribution is -2.47. The third kappa shape index (κ3) is 4.13. The van der Waals surface area contributed by atoms with Crippen LogP contribution in [0.5, 0.6) is 0 Å². The summed E-state index contributed by atoms with van der Waals surface area (Å²) in [6.07, 6.45) is 4.58. The van der Waals surface area contributed by atoms with Gasteiger partial charge < -0.3 is 15.1 Å². The highest BCUT2D eigenvalue weighted by Gasteiger charge is 2.19. The van der Waals surface area contributed by atoms with Gasteiger partial charge in [0, 0.05) is 38.1 Å².